The summed E-state index contributed by atoms with van der Waals surface area (Å²) >= 11 is 0. The molecule has 0 aliphatic carbocycles. The molecule has 0 aromatic heterocycles. The van der Waals surface area contributed by atoms with Crippen LogP contribution in [0.4, 0.5) is 0 Å². The second-order valence-corrected chi connectivity index (χ2v) is 6.62. The van der Waals surface area contributed by atoms with Gasteiger partial charge in [-0.3, -0.25) is 14.9 Å². The molecule has 2 rings (SSSR count). The molecule has 5 nitrogen and oxygen atoms in total. The summed E-state index contributed by atoms with van der Waals surface area (Å²) in [4.78, 5) is 23.7. The molecule has 1 N–H and O–H groups in total. The third-order valence-corrected chi connectivity index (χ3v) is 3.97. The van der Waals surface area contributed by atoms with Gasteiger partial charge in [-0.25, -0.2) is 0 Å². The van der Waals surface area contributed by atoms with Crippen molar-refractivity contribution in [2.24, 2.45) is 5.92 Å². The number of carbonyl (C=O) groups excluding carboxylic acids is 2. The Labute approximate surface area is 114 Å². The maximum Gasteiger partial charge on any atom is 0.326 e. The van der Waals surface area contributed by atoms with Crippen molar-refractivity contribution in [3.05, 3.63) is 0 Å². The van der Waals surface area contributed by atoms with Crippen molar-refractivity contribution < 1.29 is 19.1 Å². The first-order chi connectivity index (χ1) is 8.76. The number of hydrogen-bond donors (Lipinski definition) is 1. The van der Waals surface area contributed by atoms with Crippen LogP contribution < -0.4 is 5.32 Å². The van der Waals surface area contributed by atoms with E-state index < -0.39 is 11.1 Å². The van der Waals surface area contributed by atoms with Crippen LogP contribution in [-0.4, -0.2) is 36.2 Å². The van der Waals surface area contributed by atoms with Gasteiger partial charge >= 0.3 is 11.9 Å². The molecule has 0 radical (unpaired) electrons. The molecule has 0 spiro atoms. The molecule has 0 saturated carbocycles. The van der Waals surface area contributed by atoms with Crippen LogP contribution in [0.1, 0.15) is 46.5 Å². The standard InChI is InChI=1S/C14H23NO4/c1-13(2,3)19-12(17)14-6-5-10(15-14)9(8-14)7-11(16)18-4/h9-10,15H,5-8H2,1-4H3/t9-,10-,14+/m1/s1. The maximum absolute atomic E-state index is 12.3. The van der Waals surface area contributed by atoms with Gasteiger partial charge in [-0.2, -0.15) is 0 Å². The topological polar surface area (TPSA) is 64.6 Å². The highest BCUT2D eigenvalue weighted by Crippen LogP contribution is 2.44. The van der Waals surface area contributed by atoms with Gasteiger partial charge in [0.05, 0.1) is 7.11 Å². The molecule has 108 valence electrons. The summed E-state index contributed by atoms with van der Waals surface area (Å²) in [5.74, 6) is -0.220. The average Bonchev–Trinajstić information content (AvgIpc) is 2.85. The van der Waals surface area contributed by atoms with Crippen molar-refractivity contribution in [3.8, 4) is 0 Å². The molecule has 0 unspecified atom stereocenters. The molecule has 2 fully saturated rings. The quantitative estimate of drug-likeness (QED) is 0.785. The number of nitrogens with one attached hydrogen (secondary N) is 1. The summed E-state index contributed by atoms with van der Waals surface area (Å²) in [7, 11) is 1.40. The minimum Gasteiger partial charge on any atom is -0.469 e. The van der Waals surface area contributed by atoms with Crippen LogP contribution in [0, 0.1) is 5.92 Å². The highest BCUT2D eigenvalue weighted by atomic mass is 16.6. The van der Waals surface area contributed by atoms with E-state index in [0.29, 0.717) is 12.8 Å². The molecular formula is C14H23NO4. The van der Waals surface area contributed by atoms with Crippen LogP contribution in [0.3, 0.4) is 0 Å². The minimum atomic E-state index is -0.587. The lowest BCUT2D eigenvalue weighted by atomic mass is 9.79. The first kappa shape index (κ1) is 14.3. The molecular weight excluding hydrogens is 246 g/mol. The van der Waals surface area contributed by atoms with Gasteiger partial charge in [-0.15, -0.1) is 0 Å². The van der Waals surface area contributed by atoms with E-state index in [4.69, 9.17) is 9.47 Å². The lowest BCUT2D eigenvalue weighted by molar-refractivity contribution is -0.162. The van der Waals surface area contributed by atoms with Gasteiger partial charge < -0.3 is 9.47 Å². The van der Waals surface area contributed by atoms with E-state index in [1.165, 1.54) is 7.11 Å². The highest BCUT2D eigenvalue weighted by molar-refractivity contribution is 5.83. The number of methoxy groups -OCH3 is 1. The van der Waals surface area contributed by atoms with Crippen LogP contribution >= 0.6 is 0 Å². The third kappa shape index (κ3) is 2.91. The summed E-state index contributed by atoms with van der Waals surface area (Å²) in [6.07, 6.45) is 2.76. The first-order valence-corrected chi connectivity index (χ1v) is 6.84. The van der Waals surface area contributed by atoms with Crippen LogP contribution in [-0.2, 0) is 19.1 Å². The monoisotopic (exact) mass is 269 g/mol. The number of esters is 2. The van der Waals surface area contributed by atoms with E-state index in [9.17, 15) is 9.59 Å². The number of hydrogen-bond acceptors (Lipinski definition) is 5. The largest absolute Gasteiger partial charge is 0.469 e. The van der Waals surface area contributed by atoms with Crippen molar-refractivity contribution in [2.75, 3.05) is 7.11 Å². The Morgan fingerprint density at radius 2 is 2.05 bits per heavy atom. The molecule has 2 heterocycles. The molecule has 19 heavy (non-hydrogen) atoms. The predicted octanol–water partition coefficient (Wildman–Crippen LogP) is 1.40. The smallest absolute Gasteiger partial charge is 0.326 e. The summed E-state index contributed by atoms with van der Waals surface area (Å²) in [5, 5.41) is 3.36. The molecule has 0 aromatic rings. The second-order valence-electron chi connectivity index (χ2n) is 6.62. The molecule has 2 bridgehead atoms. The normalized spacial score (nSPS) is 33.3. The summed E-state index contributed by atoms with van der Waals surface area (Å²) < 4.78 is 10.2. The summed E-state index contributed by atoms with van der Waals surface area (Å²) in [6, 6.07) is 0.228. The lowest BCUT2D eigenvalue weighted by Crippen LogP contribution is -2.48. The van der Waals surface area contributed by atoms with E-state index in [-0.39, 0.29) is 23.9 Å². The first-order valence-electron chi connectivity index (χ1n) is 6.84. The highest BCUT2D eigenvalue weighted by Gasteiger charge is 2.56. The number of ether oxygens (including phenoxy) is 2. The van der Waals surface area contributed by atoms with Gasteiger partial charge in [-0.05, 0) is 46.0 Å². The van der Waals surface area contributed by atoms with Crippen molar-refractivity contribution in [1.82, 2.24) is 5.32 Å². The molecule has 5 heteroatoms. The Kier molecular flexibility index (Phi) is 3.60. The van der Waals surface area contributed by atoms with E-state index in [1.54, 1.807) is 0 Å². The fourth-order valence-corrected chi connectivity index (χ4v) is 3.14. The van der Waals surface area contributed by atoms with Gasteiger partial charge in [0.15, 0.2) is 0 Å². The summed E-state index contributed by atoms with van der Waals surface area (Å²) in [5.41, 5.74) is -1.07. The SMILES string of the molecule is COC(=O)C[C@@H]1C[C@]2(C(=O)OC(C)(C)C)CC[C@H]1N2. The molecule has 2 aliphatic rings. The van der Waals surface area contributed by atoms with E-state index in [1.807, 2.05) is 20.8 Å². The van der Waals surface area contributed by atoms with Gasteiger partial charge in [0.25, 0.3) is 0 Å². The molecule has 2 aliphatic heterocycles. The van der Waals surface area contributed by atoms with Crippen LogP contribution in [0.5, 0.6) is 0 Å². The van der Waals surface area contributed by atoms with Crippen molar-refractivity contribution in [1.29, 1.82) is 0 Å². The third-order valence-electron chi connectivity index (χ3n) is 3.97. The minimum absolute atomic E-state index is 0.175. The van der Waals surface area contributed by atoms with Crippen molar-refractivity contribution in [2.45, 2.75) is 63.6 Å². The number of fused-ring (bicyclic) bond motifs is 2. The molecule has 2 saturated heterocycles. The zero-order chi connectivity index (χ0) is 14.3. The van der Waals surface area contributed by atoms with Gasteiger partial charge in [0.2, 0.25) is 0 Å². The Bertz CT molecular complexity index is 387. The van der Waals surface area contributed by atoms with Gasteiger partial charge in [0.1, 0.15) is 11.1 Å². The van der Waals surface area contributed by atoms with Gasteiger partial charge in [0, 0.05) is 12.5 Å². The zero-order valence-corrected chi connectivity index (χ0v) is 12.1. The Morgan fingerprint density at radius 3 is 2.63 bits per heavy atom. The van der Waals surface area contributed by atoms with Gasteiger partial charge in [-0.1, -0.05) is 0 Å². The van der Waals surface area contributed by atoms with Crippen molar-refractivity contribution >= 4 is 11.9 Å². The number of carbonyl (C=O) groups is 2. The number of rotatable bonds is 3. The fraction of sp³-hybridized carbons (Fsp3) is 0.857. The Morgan fingerprint density at radius 1 is 1.37 bits per heavy atom. The second kappa shape index (κ2) is 4.78. The molecule has 0 aromatic carbocycles. The van der Waals surface area contributed by atoms with E-state index in [0.717, 1.165) is 12.8 Å². The van der Waals surface area contributed by atoms with Crippen molar-refractivity contribution in [3.63, 3.8) is 0 Å². The summed E-state index contributed by atoms with van der Waals surface area (Å²) in [6.45, 7) is 5.61. The van der Waals surface area contributed by atoms with Crippen LogP contribution in [0.2, 0.25) is 0 Å². The zero-order valence-electron chi connectivity index (χ0n) is 12.1. The van der Waals surface area contributed by atoms with Crippen LogP contribution in [0.15, 0.2) is 0 Å². The van der Waals surface area contributed by atoms with Crippen LogP contribution in [0.25, 0.3) is 0 Å². The predicted molar refractivity (Wildman–Crippen MR) is 69.5 cm³/mol. The fourth-order valence-electron chi connectivity index (χ4n) is 3.14. The average molecular weight is 269 g/mol. The van der Waals surface area contributed by atoms with E-state index >= 15 is 0 Å². The molecule has 3 atom stereocenters. The maximum atomic E-state index is 12.3. The Balaban J connectivity index is 2.02. The molecule has 0 amide bonds. The van der Waals surface area contributed by atoms with E-state index in [2.05, 4.69) is 5.32 Å². The Hall–Kier alpha value is -1.10. The lowest BCUT2D eigenvalue weighted by Gasteiger charge is -2.30.